The van der Waals surface area contributed by atoms with Crippen LogP contribution < -0.4 is 5.32 Å². The summed E-state index contributed by atoms with van der Waals surface area (Å²) in [6, 6.07) is 0. The number of amides is 1. The molecule has 16 heavy (non-hydrogen) atoms. The first-order valence-electron chi connectivity index (χ1n) is 5.53. The highest BCUT2D eigenvalue weighted by atomic mass is 32.2. The quantitative estimate of drug-likeness (QED) is 0.823. The van der Waals surface area contributed by atoms with Crippen LogP contribution in [0.5, 0.6) is 0 Å². The van der Waals surface area contributed by atoms with Gasteiger partial charge in [-0.3, -0.25) is 9.79 Å². The number of hydrogen-bond acceptors (Lipinski definition) is 5. The summed E-state index contributed by atoms with van der Waals surface area (Å²) in [5.74, 6) is 1.61. The molecule has 1 fully saturated rings. The number of nitrogens with one attached hydrogen (secondary N) is 1. The van der Waals surface area contributed by atoms with Crippen LogP contribution in [0, 0.1) is 0 Å². The fourth-order valence-corrected chi connectivity index (χ4v) is 3.45. The molecule has 0 aromatic heterocycles. The summed E-state index contributed by atoms with van der Waals surface area (Å²) in [5, 5.41) is 2.90. The van der Waals surface area contributed by atoms with E-state index in [-0.39, 0.29) is 12.0 Å². The van der Waals surface area contributed by atoms with Crippen LogP contribution in [0.4, 0.5) is 0 Å². The van der Waals surface area contributed by atoms with Crippen molar-refractivity contribution >= 4 is 33.8 Å². The van der Waals surface area contributed by atoms with E-state index >= 15 is 0 Å². The van der Waals surface area contributed by atoms with Crippen molar-refractivity contribution in [2.45, 2.75) is 18.9 Å². The van der Waals surface area contributed by atoms with Crippen LogP contribution in [-0.4, -0.2) is 47.6 Å². The normalized spacial score (nSPS) is 24.5. The van der Waals surface area contributed by atoms with Gasteiger partial charge < -0.3 is 10.1 Å². The van der Waals surface area contributed by atoms with Crippen molar-refractivity contribution in [3.05, 3.63) is 0 Å². The van der Waals surface area contributed by atoms with E-state index in [1.807, 2.05) is 0 Å². The Labute approximate surface area is 104 Å². The number of rotatable bonds is 4. The van der Waals surface area contributed by atoms with Crippen molar-refractivity contribution in [3.63, 3.8) is 0 Å². The lowest BCUT2D eigenvalue weighted by atomic mass is 10.2. The molecule has 0 aliphatic carbocycles. The van der Waals surface area contributed by atoms with Crippen LogP contribution in [0.25, 0.3) is 0 Å². The van der Waals surface area contributed by atoms with Crippen molar-refractivity contribution < 1.29 is 9.53 Å². The van der Waals surface area contributed by atoms with Gasteiger partial charge in [0.25, 0.3) is 0 Å². The summed E-state index contributed by atoms with van der Waals surface area (Å²) in [5.41, 5.74) is 0. The van der Waals surface area contributed by atoms with E-state index in [4.69, 9.17) is 4.74 Å². The molecule has 0 aromatic carbocycles. The molecule has 2 aliphatic heterocycles. The van der Waals surface area contributed by atoms with Crippen molar-refractivity contribution in [1.29, 1.82) is 0 Å². The van der Waals surface area contributed by atoms with Gasteiger partial charge in [0.05, 0.1) is 18.4 Å². The molecule has 0 saturated carbocycles. The smallest absolute Gasteiger partial charge is 0.230 e. The third-order valence-electron chi connectivity index (χ3n) is 2.44. The molecule has 90 valence electrons. The maximum absolute atomic E-state index is 11.5. The number of nitrogens with zero attached hydrogens (tertiary/aromatic N) is 1. The van der Waals surface area contributed by atoms with Gasteiger partial charge >= 0.3 is 0 Å². The Morgan fingerprint density at radius 2 is 2.62 bits per heavy atom. The minimum absolute atomic E-state index is 0.0794. The molecule has 0 radical (unpaired) electrons. The summed E-state index contributed by atoms with van der Waals surface area (Å²) in [4.78, 5) is 15.8. The number of carbonyl (C=O) groups excluding carboxylic acids is 1. The van der Waals surface area contributed by atoms with Crippen LogP contribution in [0.3, 0.4) is 0 Å². The Morgan fingerprint density at radius 3 is 3.31 bits per heavy atom. The molecule has 6 heteroatoms. The summed E-state index contributed by atoms with van der Waals surface area (Å²) in [6.07, 6.45) is 2.41. The molecule has 1 atom stereocenters. The Balaban J connectivity index is 1.56. The van der Waals surface area contributed by atoms with Crippen molar-refractivity contribution in [1.82, 2.24) is 5.32 Å². The molecule has 2 aliphatic rings. The molecule has 1 saturated heterocycles. The van der Waals surface area contributed by atoms with Gasteiger partial charge in [0, 0.05) is 18.9 Å². The molecule has 1 N–H and O–H groups in total. The van der Waals surface area contributed by atoms with E-state index in [1.54, 1.807) is 11.8 Å². The highest BCUT2D eigenvalue weighted by Crippen LogP contribution is 2.21. The second kappa shape index (κ2) is 6.51. The van der Waals surface area contributed by atoms with Gasteiger partial charge in [-0.2, -0.15) is 0 Å². The van der Waals surface area contributed by atoms with E-state index in [9.17, 15) is 4.79 Å². The fourth-order valence-electron chi connectivity index (χ4n) is 1.61. The zero-order valence-electron chi connectivity index (χ0n) is 9.11. The van der Waals surface area contributed by atoms with E-state index in [0.717, 1.165) is 36.1 Å². The molecule has 2 heterocycles. The van der Waals surface area contributed by atoms with Crippen LogP contribution in [0.15, 0.2) is 4.99 Å². The average Bonchev–Trinajstić information content (AvgIpc) is 2.96. The summed E-state index contributed by atoms with van der Waals surface area (Å²) in [6.45, 7) is 2.38. The first-order valence-corrected chi connectivity index (χ1v) is 7.50. The first-order chi connectivity index (χ1) is 7.84. The zero-order valence-corrected chi connectivity index (χ0v) is 10.7. The minimum Gasteiger partial charge on any atom is -0.376 e. The minimum atomic E-state index is 0.0794. The molecule has 0 spiro atoms. The summed E-state index contributed by atoms with van der Waals surface area (Å²) in [7, 11) is 0. The molecule has 0 bridgehead atoms. The van der Waals surface area contributed by atoms with Gasteiger partial charge in [0.15, 0.2) is 0 Å². The maximum Gasteiger partial charge on any atom is 0.230 e. The van der Waals surface area contributed by atoms with Gasteiger partial charge in [0.2, 0.25) is 5.91 Å². The second-order valence-electron chi connectivity index (χ2n) is 3.72. The van der Waals surface area contributed by atoms with Gasteiger partial charge in [-0.25, -0.2) is 0 Å². The monoisotopic (exact) mass is 260 g/mol. The van der Waals surface area contributed by atoms with E-state index in [1.165, 1.54) is 11.8 Å². The van der Waals surface area contributed by atoms with Gasteiger partial charge in [-0.15, -0.1) is 0 Å². The number of aliphatic imine (C=N–C) groups is 1. The predicted octanol–water partition coefficient (Wildman–Crippen LogP) is 1.12. The molecule has 4 nitrogen and oxygen atoms in total. The fraction of sp³-hybridized carbons (Fsp3) is 0.800. The lowest BCUT2D eigenvalue weighted by Crippen LogP contribution is -2.33. The van der Waals surface area contributed by atoms with Gasteiger partial charge in [0.1, 0.15) is 4.38 Å². The van der Waals surface area contributed by atoms with Crippen LogP contribution in [0.2, 0.25) is 0 Å². The molecule has 0 aromatic rings. The molecule has 0 unspecified atom stereocenters. The van der Waals surface area contributed by atoms with Crippen LogP contribution >= 0.6 is 23.5 Å². The van der Waals surface area contributed by atoms with E-state index < -0.39 is 0 Å². The number of carbonyl (C=O) groups is 1. The largest absolute Gasteiger partial charge is 0.376 e. The SMILES string of the molecule is O=C(CSC1=NCCS1)NC[C@@H]1CCCO1. The van der Waals surface area contributed by atoms with Crippen molar-refractivity contribution in [2.75, 3.05) is 31.2 Å². The Bertz CT molecular complexity index is 278. The number of hydrogen-bond donors (Lipinski definition) is 1. The molecule has 2 rings (SSSR count). The molecular formula is C10H16N2O2S2. The Hall–Kier alpha value is -0.200. The van der Waals surface area contributed by atoms with Gasteiger partial charge in [-0.05, 0) is 12.8 Å². The lowest BCUT2D eigenvalue weighted by Gasteiger charge is -2.10. The van der Waals surface area contributed by atoms with Crippen molar-refractivity contribution in [2.24, 2.45) is 4.99 Å². The Kier molecular flexibility index (Phi) is 4.99. The van der Waals surface area contributed by atoms with Crippen LogP contribution in [-0.2, 0) is 9.53 Å². The average molecular weight is 260 g/mol. The predicted molar refractivity (Wildman–Crippen MR) is 69.2 cm³/mol. The second-order valence-corrected chi connectivity index (χ2v) is 6.03. The highest BCUT2D eigenvalue weighted by Gasteiger charge is 2.16. The molecule has 1 amide bonds. The molecular weight excluding hydrogens is 244 g/mol. The van der Waals surface area contributed by atoms with E-state index in [0.29, 0.717) is 12.3 Å². The maximum atomic E-state index is 11.5. The number of ether oxygens (including phenoxy) is 1. The van der Waals surface area contributed by atoms with Crippen molar-refractivity contribution in [3.8, 4) is 0 Å². The zero-order chi connectivity index (χ0) is 11.2. The summed E-state index contributed by atoms with van der Waals surface area (Å²) < 4.78 is 6.48. The summed E-state index contributed by atoms with van der Waals surface area (Å²) >= 11 is 3.27. The topological polar surface area (TPSA) is 50.7 Å². The van der Waals surface area contributed by atoms with Gasteiger partial charge in [-0.1, -0.05) is 23.5 Å². The van der Waals surface area contributed by atoms with E-state index in [2.05, 4.69) is 10.3 Å². The highest BCUT2D eigenvalue weighted by molar-refractivity contribution is 8.39. The first kappa shape index (κ1) is 12.3. The Morgan fingerprint density at radius 1 is 1.69 bits per heavy atom. The lowest BCUT2D eigenvalue weighted by molar-refractivity contribution is -0.119. The van der Waals surface area contributed by atoms with Crippen LogP contribution in [0.1, 0.15) is 12.8 Å². The standard InChI is InChI=1S/C10H16N2O2S2/c13-9(7-16-10-11-3-5-15-10)12-6-8-2-1-4-14-8/h8H,1-7H2,(H,12,13)/t8-/m0/s1. The third kappa shape index (κ3) is 3.99. The third-order valence-corrected chi connectivity index (χ3v) is 4.69. The number of thioether (sulfide) groups is 2.